The van der Waals surface area contributed by atoms with Crippen molar-refractivity contribution in [3.63, 3.8) is 0 Å². The number of carbonyl (C=O) groups is 3. The quantitative estimate of drug-likeness (QED) is 0.375. The van der Waals surface area contributed by atoms with Gasteiger partial charge in [-0.05, 0) is 43.2 Å². The van der Waals surface area contributed by atoms with E-state index < -0.39 is 5.97 Å². The summed E-state index contributed by atoms with van der Waals surface area (Å²) in [5, 5.41) is 24.0. The molecule has 1 aromatic heterocycles. The third-order valence-corrected chi connectivity index (χ3v) is 6.02. The lowest BCUT2D eigenvalue weighted by Crippen LogP contribution is -2.33. The van der Waals surface area contributed by atoms with Crippen LogP contribution in [0.1, 0.15) is 53.4 Å². The average molecular weight is 482 g/mol. The van der Waals surface area contributed by atoms with Crippen molar-refractivity contribution in [1.29, 1.82) is 0 Å². The maximum atomic E-state index is 12.7. The van der Waals surface area contributed by atoms with E-state index in [1.807, 2.05) is 43.5 Å². The lowest BCUT2D eigenvalue weighted by molar-refractivity contribution is -0.113. The van der Waals surface area contributed by atoms with Crippen molar-refractivity contribution in [2.45, 2.75) is 38.5 Å². The first-order chi connectivity index (χ1) is 16.3. The van der Waals surface area contributed by atoms with E-state index in [4.69, 9.17) is 5.11 Å². The molecule has 0 fully saturated rings. The van der Waals surface area contributed by atoms with Gasteiger partial charge in [0, 0.05) is 17.8 Å². The van der Waals surface area contributed by atoms with Crippen molar-refractivity contribution in [2.75, 3.05) is 11.1 Å². The summed E-state index contributed by atoms with van der Waals surface area (Å²) in [5.41, 5.74) is 1.07. The highest BCUT2D eigenvalue weighted by Crippen LogP contribution is 2.25. The highest BCUT2D eigenvalue weighted by molar-refractivity contribution is 7.99. The molecule has 0 saturated heterocycles. The molecule has 2 amide bonds. The van der Waals surface area contributed by atoms with Crippen molar-refractivity contribution in [3.8, 4) is 0 Å². The summed E-state index contributed by atoms with van der Waals surface area (Å²) in [6.07, 6.45) is 0. The van der Waals surface area contributed by atoms with Gasteiger partial charge < -0.3 is 20.3 Å². The highest BCUT2D eigenvalue weighted by atomic mass is 32.2. The second-order valence-electron chi connectivity index (χ2n) is 7.87. The van der Waals surface area contributed by atoms with E-state index >= 15 is 0 Å². The Morgan fingerprint density at radius 1 is 1.03 bits per heavy atom. The predicted molar refractivity (Wildman–Crippen MR) is 130 cm³/mol. The number of nitrogens with one attached hydrogen (secondary N) is 2. The van der Waals surface area contributed by atoms with Gasteiger partial charge in [0.1, 0.15) is 0 Å². The minimum absolute atomic E-state index is 0.0600. The molecule has 1 heterocycles. The van der Waals surface area contributed by atoms with Crippen molar-refractivity contribution in [1.82, 2.24) is 20.1 Å². The number of thioether (sulfide) groups is 1. The smallest absolute Gasteiger partial charge is 0.335 e. The summed E-state index contributed by atoms with van der Waals surface area (Å²) in [7, 11) is 0. The van der Waals surface area contributed by atoms with Crippen LogP contribution < -0.4 is 10.6 Å². The molecule has 9 nitrogen and oxygen atoms in total. The van der Waals surface area contributed by atoms with Gasteiger partial charge in [0.2, 0.25) is 5.91 Å². The summed E-state index contributed by atoms with van der Waals surface area (Å²) in [6.45, 7) is 6.51. The van der Waals surface area contributed by atoms with Crippen molar-refractivity contribution >= 4 is 35.2 Å². The first-order valence-corrected chi connectivity index (χ1v) is 11.8. The van der Waals surface area contributed by atoms with Gasteiger partial charge >= 0.3 is 5.97 Å². The number of aromatic nitrogens is 3. The fourth-order valence-electron chi connectivity index (χ4n) is 3.33. The van der Waals surface area contributed by atoms with Crippen molar-refractivity contribution < 1.29 is 19.5 Å². The van der Waals surface area contributed by atoms with Crippen LogP contribution >= 0.6 is 11.8 Å². The van der Waals surface area contributed by atoms with Crippen LogP contribution in [-0.4, -0.2) is 43.4 Å². The van der Waals surface area contributed by atoms with Crippen molar-refractivity contribution in [3.05, 3.63) is 71.5 Å². The Balaban J connectivity index is 1.69. The van der Waals surface area contributed by atoms with E-state index in [0.29, 0.717) is 28.8 Å². The van der Waals surface area contributed by atoms with Crippen LogP contribution in [0, 0.1) is 5.92 Å². The van der Waals surface area contributed by atoms with Gasteiger partial charge in [-0.2, -0.15) is 0 Å². The van der Waals surface area contributed by atoms with Crippen molar-refractivity contribution in [2.24, 2.45) is 5.92 Å². The molecule has 0 radical (unpaired) electrons. The van der Waals surface area contributed by atoms with E-state index in [1.165, 1.54) is 23.9 Å². The van der Waals surface area contributed by atoms with Gasteiger partial charge in [-0.25, -0.2) is 4.79 Å². The second-order valence-corrected chi connectivity index (χ2v) is 8.81. The molecule has 2 aromatic carbocycles. The number of hydrogen-bond donors (Lipinski definition) is 3. The van der Waals surface area contributed by atoms with Crippen LogP contribution in [0.3, 0.4) is 0 Å². The lowest BCUT2D eigenvalue weighted by Gasteiger charge is -2.22. The first-order valence-electron chi connectivity index (χ1n) is 10.8. The largest absolute Gasteiger partial charge is 0.478 e. The number of carboxylic acids is 1. The number of rotatable bonds is 10. The molecule has 3 rings (SSSR count). The molecule has 3 N–H and O–H groups in total. The fourth-order valence-corrected chi connectivity index (χ4v) is 4.14. The normalized spacial score (nSPS) is 11.8. The van der Waals surface area contributed by atoms with Gasteiger partial charge in [0.25, 0.3) is 5.91 Å². The third kappa shape index (κ3) is 6.22. The standard InChI is InChI=1S/C24H27N5O4S/c1-4-29-21(20(15(2)3)26-22(31)16-9-6-5-7-10-16)27-28-24(29)34-14-19(30)25-18-12-8-11-17(13-18)23(32)33/h5-13,15,20H,4,14H2,1-3H3,(H,25,30)(H,26,31)(H,32,33)/t20-/m0/s1. The molecule has 0 unspecified atom stereocenters. The molecular weight excluding hydrogens is 454 g/mol. The van der Waals surface area contributed by atoms with Gasteiger partial charge in [0.05, 0.1) is 17.4 Å². The molecule has 34 heavy (non-hydrogen) atoms. The minimum Gasteiger partial charge on any atom is -0.478 e. The zero-order chi connectivity index (χ0) is 24.7. The number of anilines is 1. The number of amides is 2. The Morgan fingerprint density at radius 3 is 2.38 bits per heavy atom. The van der Waals surface area contributed by atoms with E-state index in [9.17, 15) is 14.4 Å². The molecule has 0 aliphatic heterocycles. The van der Waals surface area contributed by atoms with Crippen LogP contribution in [-0.2, 0) is 11.3 Å². The maximum absolute atomic E-state index is 12.7. The Kier molecular flexibility index (Phi) is 8.42. The molecule has 0 saturated carbocycles. The third-order valence-electron chi connectivity index (χ3n) is 5.05. The average Bonchev–Trinajstić information content (AvgIpc) is 3.24. The summed E-state index contributed by atoms with van der Waals surface area (Å²) in [6, 6.07) is 14.7. The molecule has 0 aliphatic carbocycles. The van der Waals surface area contributed by atoms with Gasteiger partial charge in [-0.15, -0.1) is 10.2 Å². The number of benzene rings is 2. The van der Waals surface area contributed by atoms with Crippen LogP contribution in [0.4, 0.5) is 5.69 Å². The lowest BCUT2D eigenvalue weighted by atomic mass is 10.0. The number of carboxylic acid groups (broad SMARTS) is 1. The molecule has 0 bridgehead atoms. The van der Waals surface area contributed by atoms with Gasteiger partial charge in [0.15, 0.2) is 11.0 Å². The summed E-state index contributed by atoms with van der Waals surface area (Å²) >= 11 is 1.22. The Morgan fingerprint density at radius 2 is 1.74 bits per heavy atom. The zero-order valence-corrected chi connectivity index (χ0v) is 20.0. The summed E-state index contributed by atoms with van der Waals surface area (Å²) in [4.78, 5) is 36.3. The minimum atomic E-state index is -1.06. The van der Waals surface area contributed by atoms with E-state index in [1.54, 1.807) is 24.3 Å². The molecule has 178 valence electrons. The van der Waals surface area contributed by atoms with Gasteiger partial charge in [-0.3, -0.25) is 9.59 Å². The number of carbonyl (C=O) groups excluding carboxylic acids is 2. The van der Waals surface area contributed by atoms with Gasteiger partial charge in [-0.1, -0.05) is 49.9 Å². The van der Waals surface area contributed by atoms with E-state index in [2.05, 4.69) is 20.8 Å². The maximum Gasteiger partial charge on any atom is 0.335 e. The van der Waals surface area contributed by atoms with E-state index in [-0.39, 0.29) is 35.1 Å². The number of hydrogen-bond acceptors (Lipinski definition) is 6. The number of nitrogens with zero attached hydrogens (tertiary/aromatic N) is 3. The van der Waals surface area contributed by atoms with Crippen LogP contribution in [0.25, 0.3) is 0 Å². The number of aromatic carboxylic acids is 1. The molecule has 0 spiro atoms. The molecule has 1 atom stereocenters. The zero-order valence-electron chi connectivity index (χ0n) is 19.2. The molecule has 0 aliphatic rings. The van der Waals surface area contributed by atoms with E-state index in [0.717, 1.165) is 0 Å². The Hall–Kier alpha value is -3.66. The molecular formula is C24H27N5O4S. The fraction of sp³-hybridized carbons (Fsp3) is 0.292. The SMILES string of the molecule is CCn1c(SCC(=O)Nc2cccc(C(=O)O)c2)nnc1[C@@H](NC(=O)c1ccccc1)C(C)C. The Bertz CT molecular complexity index is 1160. The second kappa shape index (κ2) is 11.5. The molecule has 10 heteroatoms. The highest BCUT2D eigenvalue weighted by Gasteiger charge is 2.26. The van der Waals surface area contributed by atoms with Crippen LogP contribution in [0.5, 0.6) is 0 Å². The first kappa shape index (κ1) is 25.0. The van der Waals surface area contributed by atoms with Crippen LogP contribution in [0.15, 0.2) is 59.8 Å². The predicted octanol–water partition coefficient (Wildman–Crippen LogP) is 3.85. The Labute approximate surface area is 202 Å². The summed E-state index contributed by atoms with van der Waals surface area (Å²) < 4.78 is 1.89. The molecule has 3 aromatic rings. The van der Waals surface area contributed by atoms with Crippen LogP contribution in [0.2, 0.25) is 0 Å². The monoisotopic (exact) mass is 481 g/mol. The summed E-state index contributed by atoms with van der Waals surface area (Å²) in [5.74, 6) is -0.797. The topological polar surface area (TPSA) is 126 Å².